The Morgan fingerprint density at radius 1 is 1.36 bits per heavy atom. The highest BCUT2D eigenvalue weighted by atomic mass is 19.1. The van der Waals surface area contributed by atoms with Crippen LogP contribution in [-0.4, -0.2) is 46.5 Å². The minimum Gasteiger partial charge on any atom is -0.351 e. The molecule has 2 N–H and O–H groups in total. The summed E-state index contributed by atoms with van der Waals surface area (Å²) in [5.74, 6) is -0.597. The number of hydrogen-bond acceptors (Lipinski definition) is 4. The van der Waals surface area contributed by atoms with Crippen molar-refractivity contribution >= 4 is 5.91 Å². The molecule has 1 saturated heterocycles. The van der Waals surface area contributed by atoms with Gasteiger partial charge in [0, 0.05) is 51.7 Å². The highest BCUT2D eigenvalue weighted by molar-refractivity contribution is 5.78. The summed E-state index contributed by atoms with van der Waals surface area (Å²) in [5, 5.41) is 6.03. The molecule has 2 heterocycles. The number of carbonyl (C=O) groups excluding carboxylic acids is 1. The van der Waals surface area contributed by atoms with Crippen LogP contribution in [-0.2, 0) is 18.4 Å². The van der Waals surface area contributed by atoms with Crippen LogP contribution >= 0.6 is 0 Å². The van der Waals surface area contributed by atoms with Gasteiger partial charge in [-0.2, -0.15) is 0 Å². The summed E-state index contributed by atoms with van der Waals surface area (Å²) in [6, 6.07) is 3.24. The summed E-state index contributed by atoms with van der Waals surface area (Å²) in [6.07, 6.45) is 3.61. The number of benzene rings is 1. The van der Waals surface area contributed by atoms with E-state index in [0.717, 1.165) is 25.0 Å². The van der Waals surface area contributed by atoms with Crippen molar-refractivity contribution in [2.75, 3.05) is 26.2 Å². The Bertz CT molecular complexity index is 728. The van der Waals surface area contributed by atoms with Gasteiger partial charge in [0.1, 0.15) is 17.5 Å². The molecular formula is C17H21F2N5O. The number of hydrogen-bond donors (Lipinski definition) is 2. The molecule has 1 aliphatic rings. The Balaban J connectivity index is 1.60. The first-order valence-corrected chi connectivity index (χ1v) is 8.16. The molecule has 1 aliphatic heterocycles. The number of nitrogens with one attached hydrogen (secondary N) is 2. The molecular weight excluding hydrogens is 328 g/mol. The molecule has 0 aliphatic carbocycles. The highest BCUT2D eigenvalue weighted by Gasteiger charge is 2.28. The van der Waals surface area contributed by atoms with Gasteiger partial charge >= 0.3 is 0 Å². The van der Waals surface area contributed by atoms with E-state index in [1.807, 2.05) is 17.8 Å². The predicted octanol–water partition coefficient (Wildman–Crippen LogP) is 0.961. The number of aryl methyl sites for hydroxylation is 1. The van der Waals surface area contributed by atoms with Crippen LogP contribution in [0.3, 0.4) is 0 Å². The fourth-order valence-corrected chi connectivity index (χ4v) is 3.04. The summed E-state index contributed by atoms with van der Waals surface area (Å²) in [5.41, 5.74) is 0.395. The maximum absolute atomic E-state index is 13.2. The van der Waals surface area contributed by atoms with E-state index in [9.17, 15) is 13.6 Å². The molecule has 1 fully saturated rings. The summed E-state index contributed by atoms with van der Waals surface area (Å²) in [4.78, 5) is 18.7. The number of amides is 1. The molecule has 1 aromatic heterocycles. The van der Waals surface area contributed by atoms with Gasteiger partial charge in [-0.25, -0.2) is 13.8 Å². The van der Waals surface area contributed by atoms with Crippen LogP contribution in [0.15, 0.2) is 30.6 Å². The van der Waals surface area contributed by atoms with E-state index in [0.29, 0.717) is 12.1 Å². The highest BCUT2D eigenvalue weighted by Crippen LogP contribution is 2.19. The fourth-order valence-electron chi connectivity index (χ4n) is 3.04. The number of nitrogens with zero attached hydrogens (tertiary/aromatic N) is 3. The van der Waals surface area contributed by atoms with E-state index in [-0.39, 0.29) is 25.0 Å². The zero-order valence-electron chi connectivity index (χ0n) is 14.0. The molecule has 0 saturated carbocycles. The normalized spacial score (nSPS) is 18.3. The molecule has 1 amide bonds. The van der Waals surface area contributed by atoms with Gasteiger partial charge in [-0.1, -0.05) is 0 Å². The van der Waals surface area contributed by atoms with Gasteiger partial charge in [0.25, 0.3) is 0 Å². The van der Waals surface area contributed by atoms with Gasteiger partial charge in [0.15, 0.2) is 0 Å². The van der Waals surface area contributed by atoms with E-state index in [2.05, 4.69) is 20.5 Å². The van der Waals surface area contributed by atoms with Crippen LogP contribution in [0.2, 0.25) is 0 Å². The van der Waals surface area contributed by atoms with E-state index < -0.39 is 11.6 Å². The molecule has 0 bridgehead atoms. The maximum atomic E-state index is 13.2. The number of piperazine rings is 1. The lowest BCUT2D eigenvalue weighted by Gasteiger charge is -2.35. The fraction of sp³-hybridized carbons (Fsp3) is 0.412. The number of carbonyl (C=O) groups is 1. The largest absolute Gasteiger partial charge is 0.351 e. The average Bonchev–Trinajstić information content (AvgIpc) is 2.98. The quantitative estimate of drug-likeness (QED) is 0.844. The van der Waals surface area contributed by atoms with E-state index in [4.69, 9.17) is 0 Å². The molecule has 2 aromatic rings. The van der Waals surface area contributed by atoms with Gasteiger partial charge < -0.3 is 15.2 Å². The first-order chi connectivity index (χ1) is 12.0. The minimum atomic E-state index is -0.652. The minimum absolute atomic E-state index is 0.00566. The monoisotopic (exact) mass is 349 g/mol. The van der Waals surface area contributed by atoms with Crippen molar-refractivity contribution in [1.82, 2.24) is 25.1 Å². The van der Waals surface area contributed by atoms with Gasteiger partial charge in [-0.3, -0.25) is 9.69 Å². The van der Waals surface area contributed by atoms with Crippen molar-refractivity contribution in [2.24, 2.45) is 7.05 Å². The maximum Gasteiger partial charge on any atom is 0.234 e. The van der Waals surface area contributed by atoms with Gasteiger partial charge in [0.2, 0.25) is 5.91 Å². The number of rotatable bonds is 5. The third-order valence-electron chi connectivity index (χ3n) is 4.27. The molecule has 0 radical (unpaired) electrons. The first-order valence-electron chi connectivity index (χ1n) is 8.16. The summed E-state index contributed by atoms with van der Waals surface area (Å²) in [7, 11) is 1.92. The molecule has 25 heavy (non-hydrogen) atoms. The van der Waals surface area contributed by atoms with Crippen LogP contribution in [0.25, 0.3) is 0 Å². The Hall–Kier alpha value is -2.32. The van der Waals surface area contributed by atoms with Crippen molar-refractivity contribution in [2.45, 2.75) is 12.6 Å². The molecule has 6 nitrogen and oxygen atoms in total. The predicted molar refractivity (Wildman–Crippen MR) is 88.6 cm³/mol. The second kappa shape index (κ2) is 7.71. The van der Waals surface area contributed by atoms with Crippen LogP contribution < -0.4 is 10.6 Å². The molecule has 134 valence electrons. The van der Waals surface area contributed by atoms with Gasteiger partial charge in [0.05, 0.1) is 12.6 Å². The standard InChI is InChI=1S/C17H21F2N5O/c1-23-4-3-21-17(23)15-10-20-2-5-24(15)11-16(25)22-9-12-6-13(18)8-14(19)7-12/h3-4,6-8,15,20H,2,5,9-11H2,1H3,(H,22,25). The van der Waals surface area contributed by atoms with Crippen LogP contribution in [0.4, 0.5) is 8.78 Å². The van der Waals surface area contributed by atoms with Crippen molar-refractivity contribution in [3.05, 3.63) is 53.6 Å². The zero-order chi connectivity index (χ0) is 17.8. The average molecular weight is 349 g/mol. The van der Waals surface area contributed by atoms with Gasteiger partial charge in [-0.15, -0.1) is 0 Å². The molecule has 1 atom stereocenters. The van der Waals surface area contributed by atoms with E-state index in [1.165, 1.54) is 12.1 Å². The van der Waals surface area contributed by atoms with E-state index in [1.54, 1.807) is 6.20 Å². The first kappa shape index (κ1) is 17.5. The van der Waals surface area contributed by atoms with Crippen molar-refractivity contribution in [3.8, 4) is 0 Å². The second-order valence-electron chi connectivity index (χ2n) is 6.14. The van der Waals surface area contributed by atoms with Crippen molar-refractivity contribution < 1.29 is 13.6 Å². The smallest absolute Gasteiger partial charge is 0.234 e. The lowest BCUT2D eigenvalue weighted by molar-refractivity contribution is -0.123. The third kappa shape index (κ3) is 4.40. The Labute approximate surface area is 144 Å². The molecule has 0 spiro atoms. The topological polar surface area (TPSA) is 62.2 Å². The second-order valence-corrected chi connectivity index (χ2v) is 6.14. The Kier molecular flexibility index (Phi) is 5.40. The molecule has 8 heteroatoms. The summed E-state index contributed by atoms with van der Waals surface area (Å²) >= 11 is 0. The number of aromatic nitrogens is 2. The third-order valence-corrected chi connectivity index (χ3v) is 4.27. The molecule has 1 aromatic carbocycles. The lowest BCUT2D eigenvalue weighted by atomic mass is 10.1. The summed E-state index contributed by atoms with van der Waals surface area (Å²) < 4.78 is 28.3. The number of halogens is 2. The molecule has 3 rings (SSSR count). The lowest BCUT2D eigenvalue weighted by Crippen LogP contribution is -2.50. The molecule has 1 unspecified atom stereocenters. The van der Waals surface area contributed by atoms with E-state index >= 15 is 0 Å². The number of imidazole rings is 1. The summed E-state index contributed by atoms with van der Waals surface area (Å²) in [6.45, 7) is 2.53. The van der Waals surface area contributed by atoms with Crippen molar-refractivity contribution in [3.63, 3.8) is 0 Å². The van der Waals surface area contributed by atoms with Crippen molar-refractivity contribution in [1.29, 1.82) is 0 Å². The van der Waals surface area contributed by atoms with Crippen LogP contribution in [0.5, 0.6) is 0 Å². The Morgan fingerprint density at radius 3 is 2.80 bits per heavy atom. The van der Waals surface area contributed by atoms with Crippen LogP contribution in [0, 0.1) is 11.6 Å². The SMILES string of the molecule is Cn1ccnc1C1CNCCN1CC(=O)NCc1cc(F)cc(F)c1. The Morgan fingerprint density at radius 2 is 2.12 bits per heavy atom. The zero-order valence-corrected chi connectivity index (χ0v) is 14.0. The van der Waals surface area contributed by atoms with Crippen LogP contribution in [0.1, 0.15) is 17.4 Å². The van der Waals surface area contributed by atoms with Gasteiger partial charge in [-0.05, 0) is 17.7 Å².